The first-order valence-corrected chi connectivity index (χ1v) is 11.1. The van der Waals surface area contributed by atoms with E-state index in [1.165, 1.54) is 7.11 Å². The Morgan fingerprint density at radius 2 is 1.94 bits per heavy atom. The van der Waals surface area contributed by atoms with Crippen LogP contribution in [0, 0.1) is 0 Å². The van der Waals surface area contributed by atoms with Crippen LogP contribution in [-0.4, -0.2) is 61.4 Å². The molecule has 1 atom stereocenters. The fourth-order valence-corrected chi connectivity index (χ4v) is 3.36. The third-order valence-electron chi connectivity index (χ3n) is 4.96. The van der Waals surface area contributed by atoms with Gasteiger partial charge in [0, 0.05) is 36.0 Å². The Hall–Kier alpha value is -4.28. The van der Waals surface area contributed by atoms with Gasteiger partial charge in [0.05, 0.1) is 19.8 Å². The maximum atomic E-state index is 12.8. The Labute approximate surface area is 202 Å². The Morgan fingerprint density at radius 1 is 1.14 bits per heavy atom. The van der Waals surface area contributed by atoms with Gasteiger partial charge in [0.25, 0.3) is 5.91 Å². The number of nitrogens with zero attached hydrogens (tertiary/aromatic N) is 1. The Morgan fingerprint density at radius 3 is 2.60 bits per heavy atom. The van der Waals surface area contributed by atoms with Gasteiger partial charge in [-0.25, -0.2) is 9.59 Å². The highest BCUT2D eigenvalue weighted by molar-refractivity contribution is 6.05. The van der Waals surface area contributed by atoms with E-state index in [1.807, 2.05) is 6.07 Å². The Kier molecular flexibility index (Phi) is 8.49. The van der Waals surface area contributed by atoms with Crippen LogP contribution in [0.1, 0.15) is 29.8 Å². The van der Waals surface area contributed by atoms with Crippen LogP contribution < -0.4 is 26.0 Å². The zero-order valence-electron chi connectivity index (χ0n) is 19.8. The number of carboxylic acids is 1. The number of aliphatic carboxylic acids is 1. The molecule has 0 saturated heterocycles. The van der Waals surface area contributed by atoms with E-state index >= 15 is 0 Å². The maximum Gasteiger partial charge on any atom is 0.408 e. The van der Waals surface area contributed by atoms with Crippen molar-refractivity contribution < 1.29 is 29.0 Å². The van der Waals surface area contributed by atoms with Crippen molar-refractivity contribution in [2.24, 2.45) is 4.99 Å². The molecular formula is C24H29N5O6. The minimum atomic E-state index is -1.22. The van der Waals surface area contributed by atoms with E-state index in [4.69, 9.17) is 9.47 Å². The van der Waals surface area contributed by atoms with Crippen molar-refractivity contribution in [2.75, 3.05) is 30.8 Å². The number of guanidine groups is 1. The van der Waals surface area contributed by atoms with E-state index in [0.717, 1.165) is 12.2 Å². The second-order valence-corrected chi connectivity index (χ2v) is 8.04. The highest BCUT2D eigenvalue weighted by Crippen LogP contribution is 2.25. The lowest BCUT2D eigenvalue weighted by Crippen LogP contribution is -2.43. The molecule has 1 heterocycles. The summed E-state index contributed by atoms with van der Waals surface area (Å²) < 4.78 is 10.4. The van der Waals surface area contributed by atoms with Crippen LogP contribution >= 0.6 is 0 Å². The van der Waals surface area contributed by atoms with E-state index in [0.29, 0.717) is 35.1 Å². The summed E-state index contributed by atoms with van der Waals surface area (Å²) in [6.07, 6.45) is -1.24. The van der Waals surface area contributed by atoms with Gasteiger partial charge in [-0.3, -0.25) is 9.79 Å². The number of hydrogen-bond donors (Lipinski definition) is 5. The number of hydrogen-bond acceptors (Lipinski definition) is 8. The monoisotopic (exact) mass is 483 g/mol. The van der Waals surface area contributed by atoms with Crippen molar-refractivity contribution in [1.82, 2.24) is 10.6 Å². The molecule has 0 radical (unpaired) electrons. The SMILES string of the molecule is COc1cc(NC(=O)c2cccc(NC3=NCCN3)c2)ccc1CC(NC(=O)OC(C)C)C(=O)O. The smallest absolute Gasteiger partial charge is 0.408 e. The average Bonchev–Trinajstić information content (AvgIpc) is 3.32. The zero-order valence-corrected chi connectivity index (χ0v) is 19.8. The van der Waals surface area contributed by atoms with Gasteiger partial charge in [-0.1, -0.05) is 12.1 Å². The summed E-state index contributed by atoms with van der Waals surface area (Å²) in [5.41, 5.74) is 2.17. The van der Waals surface area contributed by atoms with Crippen LogP contribution in [0.4, 0.5) is 16.2 Å². The minimum Gasteiger partial charge on any atom is -0.496 e. The molecule has 2 aromatic carbocycles. The van der Waals surface area contributed by atoms with Gasteiger partial charge < -0.3 is 35.8 Å². The molecule has 1 aliphatic rings. The van der Waals surface area contributed by atoms with Crippen LogP contribution in [0.3, 0.4) is 0 Å². The summed E-state index contributed by atoms with van der Waals surface area (Å²) in [5, 5.41) is 20.9. The van der Waals surface area contributed by atoms with Crippen LogP contribution in [0.25, 0.3) is 0 Å². The lowest BCUT2D eigenvalue weighted by atomic mass is 10.0. The first kappa shape index (κ1) is 25.3. The second-order valence-electron chi connectivity index (χ2n) is 8.04. The molecule has 2 amide bonds. The molecule has 2 aromatic rings. The molecule has 11 heteroatoms. The predicted octanol–water partition coefficient (Wildman–Crippen LogP) is 2.45. The van der Waals surface area contributed by atoms with Gasteiger partial charge in [-0.15, -0.1) is 0 Å². The van der Waals surface area contributed by atoms with Crippen molar-refractivity contribution in [3.05, 3.63) is 53.6 Å². The summed E-state index contributed by atoms with van der Waals surface area (Å²) in [7, 11) is 1.44. The molecule has 0 aromatic heterocycles. The van der Waals surface area contributed by atoms with Gasteiger partial charge in [0.15, 0.2) is 5.96 Å². The predicted molar refractivity (Wildman–Crippen MR) is 131 cm³/mol. The minimum absolute atomic E-state index is 0.0361. The largest absolute Gasteiger partial charge is 0.496 e. The van der Waals surface area contributed by atoms with Gasteiger partial charge in [-0.05, 0) is 43.7 Å². The number of anilines is 2. The first-order chi connectivity index (χ1) is 16.7. The molecule has 1 unspecified atom stereocenters. The number of alkyl carbamates (subject to hydrolysis) is 1. The van der Waals surface area contributed by atoms with Gasteiger partial charge in [-0.2, -0.15) is 0 Å². The van der Waals surface area contributed by atoms with E-state index in [9.17, 15) is 19.5 Å². The third kappa shape index (κ3) is 7.36. The number of aliphatic imine (C=N–C) groups is 1. The molecular weight excluding hydrogens is 454 g/mol. The number of ether oxygens (including phenoxy) is 2. The average molecular weight is 484 g/mol. The molecule has 0 spiro atoms. The normalized spacial score (nSPS) is 13.3. The van der Waals surface area contributed by atoms with Crippen LogP contribution in [0.15, 0.2) is 47.5 Å². The highest BCUT2D eigenvalue weighted by Gasteiger charge is 2.23. The zero-order chi connectivity index (χ0) is 25.4. The molecule has 0 fully saturated rings. The highest BCUT2D eigenvalue weighted by atomic mass is 16.6. The van der Waals surface area contributed by atoms with Crippen LogP contribution in [-0.2, 0) is 16.0 Å². The fourth-order valence-electron chi connectivity index (χ4n) is 3.36. The molecule has 0 aliphatic carbocycles. The van der Waals surface area contributed by atoms with Crippen molar-refractivity contribution in [1.29, 1.82) is 0 Å². The standard InChI is InChI=1S/C24H29N5O6/c1-14(2)35-24(33)29-19(22(31)32)12-15-7-8-18(13-20(15)34-3)27-21(30)16-5-4-6-17(11-16)28-23-25-9-10-26-23/h4-8,11,13-14,19H,9-10,12H2,1-3H3,(H,27,30)(H,29,33)(H,31,32)(H2,25,26,28). The Balaban J connectivity index is 1.69. The lowest BCUT2D eigenvalue weighted by molar-refractivity contribution is -0.139. The summed E-state index contributed by atoms with van der Waals surface area (Å²) in [5.74, 6) is -0.507. The number of rotatable bonds is 9. The maximum absolute atomic E-state index is 12.8. The van der Waals surface area contributed by atoms with Crippen LogP contribution in [0.2, 0.25) is 0 Å². The number of amides is 2. The molecule has 35 heavy (non-hydrogen) atoms. The van der Waals surface area contributed by atoms with E-state index < -0.39 is 18.1 Å². The molecule has 0 saturated carbocycles. The van der Waals surface area contributed by atoms with E-state index in [2.05, 4.69) is 26.3 Å². The number of methoxy groups -OCH3 is 1. The van der Waals surface area contributed by atoms with Crippen molar-refractivity contribution in [3.8, 4) is 5.75 Å². The fraction of sp³-hybridized carbons (Fsp3) is 0.333. The van der Waals surface area contributed by atoms with Gasteiger partial charge in [0.1, 0.15) is 11.8 Å². The summed E-state index contributed by atoms with van der Waals surface area (Å²) >= 11 is 0. The van der Waals surface area contributed by atoms with E-state index in [1.54, 1.807) is 50.2 Å². The molecule has 5 N–H and O–H groups in total. The van der Waals surface area contributed by atoms with Crippen molar-refractivity contribution in [2.45, 2.75) is 32.4 Å². The molecule has 186 valence electrons. The first-order valence-electron chi connectivity index (χ1n) is 11.1. The van der Waals surface area contributed by atoms with Gasteiger partial charge >= 0.3 is 12.1 Å². The third-order valence-corrected chi connectivity index (χ3v) is 4.96. The summed E-state index contributed by atoms with van der Waals surface area (Å²) in [4.78, 5) is 40.6. The topological polar surface area (TPSA) is 150 Å². The summed E-state index contributed by atoms with van der Waals surface area (Å²) in [6, 6.07) is 10.7. The van der Waals surface area contributed by atoms with E-state index in [-0.39, 0.29) is 18.4 Å². The number of carbonyl (C=O) groups is 3. The van der Waals surface area contributed by atoms with Crippen molar-refractivity contribution in [3.63, 3.8) is 0 Å². The number of carbonyl (C=O) groups excluding carboxylic acids is 2. The number of carboxylic acid groups (broad SMARTS) is 1. The molecule has 11 nitrogen and oxygen atoms in total. The second kappa shape index (κ2) is 11.7. The van der Waals surface area contributed by atoms with Crippen molar-refractivity contribution >= 4 is 35.3 Å². The lowest BCUT2D eigenvalue weighted by Gasteiger charge is -2.18. The van der Waals surface area contributed by atoms with Gasteiger partial charge in [0.2, 0.25) is 0 Å². The quantitative estimate of drug-likeness (QED) is 0.365. The molecule has 3 rings (SSSR count). The molecule has 0 bridgehead atoms. The summed E-state index contributed by atoms with van der Waals surface area (Å²) in [6.45, 7) is 4.80. The number of benzene rings is 2. The molecule has 1 aliphatic heterocycles. The Bertz CT molecular complexity index is 1120. The number of nitrogens with one attached hydrogen (secondary N) is 4. The van der Waals surface area contributed by atoms with Crippen LogP contribution in [0.5, 0.6) is 5.75 Å².